The average molecular weight is 486 g/mol. The summed E-state index contributed by atoms with van der Waals surface area (Å²) >= 11 is 0. The molecule has 0 aromatic heterocycles. The highest BCUT2D eigenvalue weighted by Gasteiger charge is 2.28. The number of hydrogen-bond donors (Lipinski definition) is 2. The van der Waals surface area contributed by atoms with Crippen molar-refractivity contribution in [3.8, 4) is 17.2 Å². The Hall–Kier alpha value is -2.98. The molecular weight excluding hydrogens is 457 g/mol. The van der Waals surface area contributed by atoms with Crippen molar-refractivity contribution in [3.63, 3.8) is 0 Å². The lowest BCUT2D eigenvalue weighted by atomic mass is 10.0. The highest BCUT2D eigenvalue weighted by molar-refractivity contribution is 7.89. The van der Waals surface area contributed by atoms with Crippen LogP contribution in [0.3, 0.4) is 0 Å². The van der Waals surface area contributed by atoms with Crippen molar-refractivity contribution in [2.45, 2.75) is 10.9 Å². The van der Waals surface area contributed by atoms with Crippen LogP contribution in [0.2, 0.25) is 0 Å². The molecule has 1 heterocycles. The lowest BCUT2D eigenvalue weighted by Crippen LogP contribution is -2.48. The molecule has 0 amide bonds. The van der Waals surface area contributed by atoms with E-state index in [1.807, 2.05) is 42.3 Å². The van der Waals surface area contributed by atoms with Gasteiger partial charge in [0.05, 0.1) is 10.9 Å². The van der Waals surface area contributed by atoms with Crippen molar-refractivity contribution in [1.29, 1.82) is 0 Å². The molecule has 0 bridgehead atoms. The van der Waals surface area contributed by atoms with Crippen LogP contribution in [0.25, 0.3) is 0 Å². The third-order valence-corrected chi connectivity index (χ3v) is 7.34. The maximum Gasteiger partial charge on any atom is 0.240 e. The molecule has 0 saturated carbocycles. The summed E-state index contributed by atoms with van der Waals surface area (Å²) in [5.41, 5.74) is 0.263. The normalized spacial score (nSPS) is 16.3. The van der Waals surface area contributed by atoms with Crippen LogP contribution in [-0.2, 0) is 10.0 Å². The summed E-state index contributed by atoms with van der Waals surface area (Å²) in [4.78, 5) is 4.29. The van der Waals surface area contributed by atoms with E-state index in [4.69, 9.17) is 4.74 Å². The van der Waals surface area contributed by atoms with E-state index in [1.165, 1.54) is 30.3 Å². The molecule has 0 spiro atoms. The smallest absolute Gasteiger partial charge is 0.240 e. The summed E-state index contributed by atoms with van der Waals surface area (Å²) < 4.78 is 49.0. The zero-order valence-corrected chi connectivity index (χ0v) is 19.7. The van der Waals surface area contributed by atoms with Gasteiger partial charge in [-0.3, -0.25) is 4.90 Å². The second-order valence-corrected chi connectivity index (χ2v) is 10.1. The van der Waals surface area contributed by atoms with E-state index in [0.29, 0.717) is 24.6 Å². The van der Waals surface area contributed by atoms with Crippen molar-refractivity contribution < 1.29 is 22.7 Å². The molecule has 1 fully saturated rings. The Kier molecular flexibility index (Phi) is 7.47. The summed E-state index contributed by atoms with van der Waals surface area (Å²) in [5, 5.41) is 9.92. The number of halogens is 1. The molecule has 1 atom stereocenters. The van der Waals surface area contributed by atoms with Gasteiger partial charge < -0.3 is 14.7 Å². The molecule has 1 unspecified atom stereocenters. The average Bonchev–Trinajstić information content (AvgIpc) is 2.83. The number of piperazine rings is 1. The Balaban J connectivity index is 1.50. The van der Waals surface area contributed by atoms with Crippen LogP contribution in [0.1, 0.15) is 11.6 Å². The van der Waals surface area contributed by atoms with Gasteiger partial charge in [0.15, 0.2) is 0 Å². The molecule has 4 rings (SSSR count). The summed E-state index contributed by atoms with van der Waals surface area (Å²) in [7, 11) is -1.84. The van der Waals surface area contributed by atoms with Crippen molar-refractivity contribution in [3.05, 3.63) is 84.2 Å². The molecule has 3 aromatic carbocycles. The molecule has 180 valence electrons. The Morgan fingerprint density at radius 1 is 0.971 bits per heavy atom. The van der Waals surface area contributed by atoms with Gasteiger partial charge in [0.25, 0.3) is 0 Å². The first kappa shape index (κ1) is 24.2. The number of phenols is 1. The third-order valence-electron chi connectivity index (χ3n) is 5.90. The van der Waals surface area contributed by atoms with Gasteiger partial charge in [-0.1, -0.05) is 18.2 Å². The van der Waals surface area contributed by atoms with E-state index in [-0.39, 0.29) is 22.8 Å². The lowest BCUT2D eigenvalue weighted by Gasteiger charge is -2.38. The monoisotopic (exact) mass is 485 g/mol. The first-order chi connectivity index (χ1) is 16.3. The number of phenolic OH excluding ortho intramolecular Hbond substituents is 1. The van der Waals surface area contributed by atoms with E-state index in [1.54, 1.807) is 12.1 Å². The number of nitrogens with one attached hydrogen (secondary N) is 1. The fraction of sp³-hybridized carbons (Fsp3) is 0.280. The molecule has 7 nitrogen and oxygen atoms in total. The number of likely N-dealkylation sites (N-methyl/N-ethyl adjacent to an activating group) is 1. The summed E-state index contributed by atoms with van der Waals surface area (Å²) in [6.07, 6.45) is 0. The molecule has 2 N–H and O–H groups in total. The maximum absolute atomic E-state index is 14.7. The zero-order valence-electron chi connectivity index (χ0n) is 18.9. The van der Waals surface area contributed by atoms with Gasteiger partial charge in [0.1, 0.15) is 23.1 Å². The number of hydrogen-bond acceptors (Lipinski definition) is 6. The van der Waals surface area contributed by atoms with Crippen LogP contribution in [0.5, 0.6) is 17.2 Å². The second-order valence-electron chi connectivity index (χ2n) is 8.30. The number of ether oxygens (including phenoxy) is 1. The first-order valence-corrected chi connectivity index (χ1v) is 12.5. The maximum atomic E-state index is 14.7. The Labute approximate surface area is 199 Å². The lowest BCUT2D eigenvalue weighted by molar-refractivity contribution is 0.111. The minimum absolute atomic E-state index is 0.0330. The molecule has 34 heavy (non-hydrogen) atoms. The van der Waals surface area contributed by atoms with Crippen molar-refractivity contribution >= 4 is 10.0 Å². The van der Waals surface area contributed by atoms with Gasteiger partial charge >= 0.3 is 0 Å². The van der Waals surface area contributed by atoms with Crippen LogP contribution >= 0.6 is 0 Å². The van der Waals surface area contributed by atoms with Crippen LogP contribution in [0.15, 0.2) is 77.7 Å². The van der Waals surface area contributed by atoms with Crippen LogP contribution in [0, 0.1) is 5.82 Å². The molecule has 1 aliphatic rings. The van der Waals surface area contributed by atoms with Gasteiger partial charge in [-0.05, 0) is 61.6 Å². The Bertz CT molecular complexity index is 1200. The molecule has 0 aliphatic carbocycles. The topological polar surface area (TPSA) is 82.1 Å². The predicted octanol–water partition coefficient (Wildman–Crippen LogP) is 3.59. The van der Waals surface area contributed by atoms with E-state index in [2.05, 4.69) is 9.62 Å². The number of sulfonamides is 1. The van der Waals surface area contributed by atoms with Crippen LogP contribution < -0.4 is 9.46 Å². The van der Waals surface area contributed by atoms with E-state index < -0.39 is 21.9 Å². The molecule has 0 radical (unpaired) electrons. The van der Waals surface area contributed by atoms with Crippen molar-refractivity contribution in [1.82, 2.24) is 14.5 Å². The number of aromatic hydroxyl groups is 1. The number of benzene rings is 3. The van der Waals surface area contributed by atoms with Crippen LogP contribution in [0.4, 0.5) is 4.39 Å². The second kappa shape index (κ2) is 10.5. The fourth-order valence-electron chi connectivity index (χ4n) is 3.94. The van der Waals surface area contributed by atoms with Gasteiger partial charge in [0, 0.05) is 38.3 Å². The fourth-order valence-corrected chi connectivity index (χ4v) is 4.98. The minimum Gasteiger partial charge on any atom is -0.508 e. The quantitative estimate of drug-likeness (QED) is 0.508. The number of nitrogens with zero attached hydrogens (tertiary/aromatic N) is 2. The highest BCUT2D eigenvalue weighted by Crippen LogP contribution is 2.28. The van der Waals surface area contributed by atoms with E-state index >= 15 is 0 Å². The standard InChI is InChI=1S/C25H28FN3O4S/c1-28-13-15-29(16-14-28)25(23-17-19(30)7-12-24(23)26)18-27-34(31,32)22-10-8-21(9-11-22)33-20-5-3-2-4-6-20/h2-12,17,25,27,30H,13-16,18H2,1H3. The highest BCUT2D eigenvalue weighted by atomic mass is 32.2. The zero-order chi connectivity index (χ0) is 24.1. The van der Waals surface area contributed by atoms with E-state index in [0.717, 1.165) is 13.1 Å². The minimum atomic E-state index is -3.85. The van der Waals surface area contributed by atoms with Gasteiger partial charge in [-0.15, -0.1) is 0 Å². The number of para-hydroxylation sites is 1. The van der Waals surface area contributed by atoms with Crippen LogP contribution in [-0.4, -0.2) is 63.1 Å². The first-order valence-electron chi connectivity index (χ1n) is 11.1. The summed E-state index contributed by atoms with van der Waals surface area (Å²) in [5.74, 6) is 0.623. The Morgan fingerprint density at radius 3 is 2.29 bits per heavy atom. The number of rotatable bonds is 8. The van der Waals surface area contributed by atoms with Gasteiger partial charge in [-0.25, -0.2) is 17.5 Å². The molecule has 3 aromatic rings. The SMILES string of the molecule is CN1CCN(C(CNS(=O)(=O)c2ccc(Oc3ccccc3)cc2)c2cc(O)ccc2F)CC1. The Morgan fingerprint density at radius 2 is 1.62 bits per heavy atom. The van der Waals surface area contributed by atoms with Crippen molar-refractivity contribution in [2.24, 2.45) is 0 Å². The predicted molar refractivity (Wildman–Crippen MR) is 128 cm³/mol. The largest absolute Gasteiger partial charge is 0.508 e. The molecule has 1 aliphatic heterocycles. The van der Waals surface area contributed by atoms with Gasteiger partial charge in [-0.2, -0.15) is 0 Å². The van der Waals surface area contributed by atoms with Crippen molar-refractivity contribution in [2.75, 3.05) is 39.8 Å². The summed E-state index contributed by atoms with van der Waals surface area (Å²) in [6.45, 7) is 2.85. The third kappa shape index (κ3) is 5.92. The molecular formula is C25H28FN3O4S. The van der Waals surface area contributed by atoms with Gasteiger partial charge in [0.2, 0.25) is 10.0 Å². The van der Waals surface area contributed by atoms with E-state index in [9.17, 15) is 17.9 Å². The molecule has 1 saturated heterocycles. The summed E-state index contributed by atoms with van der Waals surface area (Å²) in [6, 6.07) is 18.6. The molecule has 9 heteroatoms.